The highest BCUT2D eigenvalue weighted by molar-refractivity contribution is 8.00. The summed E-state index contributed by atoms with van der Waals surface area (Å²) in [7, 11) is 0. The zero-order valence-corrected chi connectivity index (χ0v) is 11.4. The van der Waals surface area contributed by atoms with Gasteiger partial charge in [0.2, 0.25) is 0 Å². The van der Waals surface area contributed by atoms with Crippen LogP contribution in [0.2, 0.25) is 0 Å². The average Bonchev–Trinajstić information content (AvgIpc) is 2.26. The molecule has 100 valence electrons. The van der Waals surface area contributed by atoms with Gasteiger partial charge in [0, 0.05) is 17.2 Å². The van der Waals surface area contributed by atoms with E-state index in [1.54, 1.807) is 6.07 Å². The summed E-state index contributed by atoms with van der Waals surface area (Å²) in [6.45, 7) is 0. The third-order valence-electron chi connectivity index (χ3n) is 1.96. The second-order valence-electron chi connectivity index (χ2n) is 3.52. The van der Waals surface area contributed by atoms with Gasteiger partial charge in [-0.25, -0.2) is 0 Å². The Kier molecular flexibility index (Phi) is 5.82. The number of rotatable bonds is 5. The lowest BCUT2D eigenvalue weighted by Crippen LogP contribution is -2.05. The molecule has 0 unspecified atom stereocenters. The molecule has 1 nitrogen and oxygen atoms in total. The number of thioether (sulfide) groups is 1. The summed E-state index contributed by atoms with van der Waals surface area (Å²) in [5.74, 6) is -0.312. The molecule has 1 rings (SSSR count). The number of ketones is 1. The first-order chi connectivity index (χ1) is 8.34. The molecular weight excluding hydrogens is 308 g/mol. The van der Waals surface area contributed by atoms with Gasteiger partial charge in [-0.05, 0) is 35.0 Å². The van der Waals surface area contributed by atoms with Crippen molar-refractivity contribution in [3.05, 3.63) is 29.3 Å². The van der Waals surface area contributed by atoms with Crippen LogP contribution in [-0.4, -0.2) is 17.2 Å². The minimum absolute atomic E-state index is 0.0135. The smallest absolute Gasteiger partial charge is 0.298 e. The molecular formula is C11H9Cl2F3OS. The number of benzene rings is 1. The highest BCUT2D eigenvalue weighted by atomic mass is 35.5. The van der Waals surface area contributed by atoms with Gasteiger partial charge >= 0.3 is 5.51 Å². The molecule has 1 aromatic carbocycles. The van der Waals surface area contributed by atoms with Crippen LogP contribution in [0.4, 0.5) is 13.2 Å². The van der Waals surface area contributed by atoms with E-state index in [4.69, 9.17) is 23.2 Å². The molecule has 0 aromatic heterocycles. The average molecular weight is 317 g/mol. The molecule has 0 aliphatic heterocycles. The quantitative estimate of drug-likeness (QED) is 0.592. The summed E-state index contributed by atoms with van der Waals surface area (Å²) in [6, 6.07) is 4.30. The van der Waals surface area contributed by atoms with E-state index < -0.39 is 5.51 Å². The van der Waals surface area contributed by atoms with E-state index in [1.807, 2.05) is 0 Å². The van der Waals surface area contributed by atoms with Gasteiger partial charge in [-0.15, -0.1) is 23.2 Å². The lowest BCUT2D eigenvalue weighted by atomic mass is 10.1. The fraction of sp³-hybridized carbons (Fsp3) is 0.364. The monoisotopic (exact) mass is 316 g/mol. The zero-order chi connectivity index (χ0) is 13.8. The van der Waals surface area contributed by atoms with E-state index in [-0.39, 0.29) is 40.6 Å². The molecule has 7 heteroatoms. The highest BCUT2D eigenvalue weighted by Crippen LogP contribution is 2.37. The maximum Gasteiger partial charge on any atom is 0.446 e. The first-order valence-corrected chi connectivity index (χ1v) is 6.75. The topological polar surface area (TPSA) is 17.1 Å². The normalized spacial score (nSPS) is 11.6. The Morgan fingerprint density at radius 2 is 1.78 bits per heavy atom. The van der Waals surface area contributed by atoms with Crippen LogP contribution < -0.4 is 0 Å². The minimum atomic E-state index is -4.36. The van der Waals surface area contributed by atoms with E-state index in [2.05, 4.69) is 0 Å². The third kappa shape index (κ3) is 5.50. The van der Waals surface area contributed by atoms with Crippen molar-refractivity contribution in [3.63, 3.8) is 0 Å². The molecule has 18 heavy (non-hydrogen) atoms. The van der Waals surface area contributed by atoms with Gasteiger partial charge in [-0.2, -0.15) is 13.2 Å². The van der Waals surface area contributed by atoms with E-state index >= 15 is 0 Å². The summed E-state index contributed by atoms with van der Waals surface area (Å²) >= 11 is 10.7. The van der Waals surface area contributed by atoms with Crippen LogP contribution in [0.3, 0.4) is 0 Å². The number of halogens is 5. The van der Waals surface area contributed by atoms with Crippen molar-refractivity contribution in [3.8, 4) is 0 Å². The molecule has 0 fully saturated rings. The molecule has 0 saturated heterocycles. The first kappa shape index (κ1) is 15.7. The molecule has 0 amide bonds. The van der Waals surface area contributed by atoms with Gasteiger partial charge in [0.25, 0.3) is 0 Å². The second-order valence-corrected chi connectivity index (χ2v) is 5.19. The van der Waals surface area contributed by atoms with Crippen molar-refractivity contribution in [2.45, 2.75) is 22.7 Å². The first-order valence-electron chi connectivity index (χ1n) is 4.86. The van der Waals surface area contributed by atoms with Crippen molar-refractivity contribution in [2.75, 3.05) is 5.88 Å². The molecule has 1 aromatic rings. The van der Waals surface area contributed by atoms with Crippen LogP contribution in [0.25, 0.3) is 0 Å². The highest BCUT2D eigenvalue weighted by Gasteiger charge is 2.29. The summed E-state index contributed by atoms with van der Waals surface area (Å²) in [6.07, 6.45) is 0.0135. The van der Waals surface area contributed by atoms with Gasteiger partial charge in [0.15, 0.2) is 5.78 Å². The SMILES string of the molecule is O=C(CCl)Cc1cc(CCl)cc(SC(F)(F)F)c1. The van der Waals surface area contributed by atoms with Crippen LogP contribution >= 0.6 is 35.0 Å². The van der Waals surface area contributed by atoms with Crippen molar-refractivity contribution in [1.82, 2.24) is 0 Å². The number of Topliss-reactive ketones (excluding diaryl/α,β-unsaturated/α-hetero) is 1. The lowest BCUT2D eigenvalue weighted by Gasteiger charge is -2.09. The summed E-state index contributed by atoms with van der Waals surface area (Å²) in [4.78, 5) is 11.2. The van der Waals surface area contributed by atoms with Gasteiger partial charge < -0.3 is 0 Å². The lowest BCUT2D eigenvalue weighted by molar-refractivity contribution is -0.116. The summed E-state index contributed by atoms with van der Waals surface area (Å²) < 4.78 is 36.8. The summed E-state index contributed by atoms with van der Waals surface area (Å²) in [5.41, 5.74) is -3.33. The number of alkyl halides is 5. The Morgan fingerprint density at radius 1 is 1.17 bits per heavy atom. The fourth-order valence-corrected chi connectivity index (χ4v) is 2.31. The van der Waals surface area contributed by atoms with Crippen LogP contribution in [0.1, 0.15) is 11.1 Å². The van der Waals surface area contributed by atoms with Crippen molar-refractivity contribution >= 4 is 40.7 Å². The van der Waals surface area contributed by atoms with Crippen molar-refractivity contribution in [1.29, 1.82) is 0 Å². The Labute approximate surface area is 117 Å². The Balaban J connectivity index is 2.98. The minimum Gasteiger partial charge on any atom is -0.298 e. The van der Waals surface area contributed by atoms with Crippen LogP contribution in [-0.2, 0) is 17.1 Å². The van der Waals surface area contributed by atoms with Crippen LogP contribution in [0, 0.1) is 0 Å². The van der Waals surface area contributed by atoms with Gasteiger partial charge in [0.05, 0.1) is 5.88 Å². The van der Waals surface area contributed by atoms with Crippen molar-refractivity contribution < 1.29 is 18.0 Å². The molecule has 0 aliphatic carbocycles. The molecule has 0 spiro atoms. The molecule has 0 heterocycles. The molecule has 0 aliphatic rings. The molecule has 0 N–H and O–H groups in total. The van der Waals surface area contributed by atoms with E-state index in [0.29, 0.717) is 11.1 Å². The molecule has 0 bridgehead atoms. The van der Waals surface area contributed by atoms with E-state index in [1.165, 1.54) is 12.1 Å². The Bertz CT molecular complexity index is 435. The largest absolute Gasteiger partial charge is 0.446 e. The van der Waals surface area contributed by atoms with E-state index in [0.717, 1.165) is 0 Å². The van der Waals surface area contributed by atoms with Gasteiger partial charge in [-0.1, -0.05) is 6.07 Å². The van der Waals surface area contributed by atoms with Gasteiger partial charge in [0.1, 0.15) is 0 Å². The van der Waals surface area contributed by atoms with Gasteiger partial charge in [-0.3, -0.25) is 4.79 Å². The number of carbonyl (C=O) groups excluding carboxylic acids is 1. The number of carbonyl (C=O) groups is 1. The second kappa shape index (κ2) is 6.68. The summed E-state index contributed by atoms with van der Waals surface area (Å²) in [5, 5.41) is 0. The standard InChI is InChI=1S/C11H9Cl2F3OS/c12-5-8-1-7(2-9(17)6-13)3-10(4-8)18-11(14,15)16/h1,3-4H,2,5-6H2. The fourth-order valence-electron chi connectivity index (χ4n) is 1.38. The molecule has 0 saturated carbocycles. The predicted octanol–water partition coefficient (Wildman–Crippen LogP) is 4.39. The van der Waals surface area contributed by atoms with E-state index in [9.17, 15) is 18.0 Å². The Hall–Kier alpha value is -0.390. The Morgan fingerprint density at radius 3 is 2.28 bits per heavy atom. The maximum atomic E-state index is 12.3. The van der Waals surface area contributed by atoms with Crippen molar-refractivity contribution in [2.24, 2.45) is 0 Å². The number of hydrogen-bond acceptors (Lipinski definition) is 2. The maximum absolute atomic E-state index is 12.3. The number of hydrogen-bond donors (Lipinski definition) is 0. The van der Waals surface area contributed by atoms with Crippen LogP contribution in [0.5, 0.6) is 0 Å². The third-order valence-corrected chi connectivity index (χ3v) is 3.27. The molecule has 0 radical (unpaired) electrons. The zero-order valence-electron chi connectivity index (χ0n) is 9.06. The van der Waals surface area contributed by atoms with Crippen LogP contribution in [0.15, 0.2) is 23.1 Å². The molecule has 0 atom stereocenters. The predicted molar refractivity (Wildman–Crippen MR) is 67.3 cm³/mol.